The van der Waals surface area contributed by atoms with E-state index in [2.05, 4.69) is 46.5 Å². The molecule has 5 heteroatoms. The number of nitrogens with zero attached hydrogens (tertiary/aromatic N) is 2. The molecule has 1 aromatic rings. The highest BCUT2D eigenvalue weighted by atomic mass is 16.5. The van der Waals surface area contributed by atoms with Crippen LogP contribution < -0.4 is 20.3 Å². The van der Waals surface area contributed by atoms with Crippen molar-refractivity contribution in [2.24, 2.45) is 16.8 Å². The molecule has 0 saturated carbocycles. The Morgan fingerprint density at radius 2 is 2.13 bits per heavy atom. The third-order valence-corrected chi connectivity index (χ3v) is 4.17. The average Bonchev–Trinajstić information content (AvgIpc) is 3.03. The molecule has 1 aromatic carbocycles. The fraction of sp³-hybridized carbons (Fsp3) is 0.611. The van der Waals surface area contributed by atoms with Crippen LogP contribution in [0, 0.1) is 11.8 Å². The molecule has 2 rings (SSSR count). The lowest BCUT2D eigenvalue weighted by molar-refractivity contribution is 0.414. The van der Waals surface area contributed by atoms with Gasteiger partial charge in [0.25, 0.3) is 0 Å². The molecule has 0 spiro atoms. The van der Waals surface area contributed by atoms with E-state index in [0.717, 1.165) is 37.9 Å². The van der Waals surface area contributed by atoms with Gasteiger partial charge in [0.1, 0.15) is 5.75 Å². The molecular weight excluding hydrogens is 288 g/mol. The quantitative estimate of drug-likeness (QED) is 0.624. The second-order valence-corrected chi connectivity index (χ2v) is 6.50. The Balaban J connectivity index is 1.83. The zero-order chi connectivity index (χ0) is 16.7. The molecule has 0 bridgehead atoms. The van der Waals surface area contributed by atoms with Crippen LogP contribution in [0.15, 0.2) is 29.3 Å². The molecule has 1 heterocycles. The Morgan fingerprint density at radius 3 is 2.83 bits per heavy atom. The molecular formula is C18H30N4O. The van der Waals surface area contributed by atoms with Gasteiger partial charge in [-0.25, -0.2) is 0 Å². The lowest BCUT2D eigenvalue weighted by Gasteiger charge is -2.21. The minimum absolute atomic E-state index is 0.612. The van der Waals surface area contributed by atoms with E-state index < -0.39 is 0 Å². The van der Waals surface area contributed by atoms with E-state index in [1.165, 1.54) is 12.1 Å². The third-order valence-electron chi connectivity index (χ3n) is 4.17. The number of hydrogen-bond acceptors (Lipinski definition) is 3. The number of benzene rings is 1. The molecule has 2 N–H and O–H groups in total. The van der Waals surface area contributed by atoms with Crippen molar-refractivity contribution in [1.29, 1.82) is 0 Å². The number of guanidine groups is 1. The zero-order valence-electron chi connectivity index (χ0n) is 14.8. The number of rotatable bonds is 6. The van der Waals surface area contributed by atoms with Gasteiger partial charge in [-0.15, -0.1) is 0 Å². The van der Waals surface area contributed by atoms with Crippen LogP contribution >= 0.6 is 0 Å². The van der Waals surface area contributed by atoms with Gasteiger partial charge in [-0.05, 0) is 30.4 Å². The summed E-state index contributed by atoms with van der Waals surface area (Å²) >= 11 is 0. The van der Waals surface area contributed by atoms with Crippen LogP contribution in [0.4, 0.5) is 5.69 Å². The van der Waals surface area contributed by atoms with Crippen LogP contribution in [-0.2, 0) is 0 Å². The SMILES string of the molecule is CN=C(NCC(C)C)NCC1CCN(c2ccccc2OC)C1. The van der Waals surface area contributed by atoms with Gasteiger partial charge in [0.2, 0.25) is 0 Å². The maximum absolute atomic E-state index is 5.48. The summed E-state index contributed by atoms with van der Waals surface area (Å²) in [6, 6.07) is 8.25. The molecule has 23 heavy (non-hydrogen) atoms. The van der Waals surface area contributed by atoms with Crippen LogP contribution in [-0.4, -0.2) is 46.3 Å². The summed E-state index contributed by atoms with van der Waals surface area (Å²) in [6.45, 7) is 8.41. The van der Waals surface area contributed by atoms with Crippen molar-refractivity contribution >= 4 is 11.6 Å². The van der Waals surface area contributed by atoms with E-state index in [-0.39, 0.29) is 0 Å². The van der Waals surface area contributed by atoms with E-state index in [9.17, 15) is 0 Å². The monoisotopic (exact) mass is 318 g/mol. The molecule has 1 unspecified atom stereocenters. The lowest BCUT2D eigenvalue weighted by atomic mass is 10.1. The van der Waals surface area contributed by atoms with Crippen LogP contribution in [0.1, 0.15) is 20.3 Å². The third kappa shape index (κ3) is 5.05. The van der Waals surface area contributed by atoms with Gasteiger partial charge in [0.15, 0.2) is 5.96 Å². The number of anilines is 1. The van der Waals surface area contributed by atoms with Crippen molar-refractivity contribution in [1.82, 2.24) is 10.6 Å². The van der Waals surface area contributed by atoms with Crippen molar-refractivity contribution in [2.75, 3.05) is 45.2 Å². The summed E-state index contributed by atoms with van der Waals surface area (Å²) < 4.78 is 5.48. The maximum Gasteiger partial charge on any atom is 0.190 e. The highest BCUT2D eigenvalue weighted by Gasteiger charge is 2.24. The number of hydrogen-bond donors (Lipinski definition) is 2. The molecule has 0 radical (unpaired) electrons. The fourth-order valence-corrected chi connectivity index (χ4v) is 2.87. The van der Waals surface area contributed by atoms with Gasteiger partial charge in [-0.1, -0.05) is 26.0 Å². The molecule has 1 saturated heterocycles. The summed E-state index contributed by atoms with van der Waals surface area (Å²) in [7, 11) is 3.56. The minimum Gasteiger partial charge on any atom is -0.495 e. The van der Waals surface area contributed by atoms with Gasteiger partial charge >= 0.3 is 0 Å². The molecule has 1 fully saturated rings. The summed E-state index contributed by atoms with van der Waals surface area (Å²) in [5, 5.41) is 6.81. The first kappa shape index (κ1) is 17.4. The number of ether oxygens (including phenoxy) is 1. The Labute approximate surface area is 140 Å². The molecule has 1 atom stereocenters. The Morgan fingerprint density at radius 1 is 1.35 bits per heavy atom. The van der Waals surface area contributed by atoms with Crippen molar-refractivity contribution in [3.05, 3.63) is 24.3 Å². The largest absolute Gasteiger partial charge is 0.495 e. The molecule has 1 aliphatic rings. The first-order valence-corrected chi connectivity index (χ1v) is 8.46. The van der Waals surface area contributed by atoms with Crippen LogP contribution in [0.25, 0.3) is 0 Å². The lowest BCUT2D eigenvalue weighted by Crippen LogP contribution is -2.41. The van der Waals surface area contributed by atoms with Gasteiger partial charge in [-0.3, -0.25) is 4.99 Å². The van der Waals surface area contributed by atoms with Crippen molar-refractivity contribution in [3.63, 3.8) is 0 Å². The summed E-state index contributed by atoms with van der Waals surface area (Å²) in [4.78, 5) is 6.70. The zero-order valence-corrected chi connectivity index (χ0v) is 14.8. The summed E-state index contributed by atoms with van der Waals surface area (Å²) in [5.41, 5.74) is 1.19. The molecule has 128 valence electrons. The number of aliphatic imine (C=N–C) groups is 1. The number of nitrogens with one attached hydrogen (secondary N) is 2. The van der Waals surface area contributed by atoms with E-state index >= 15 is 0 Å². The topological polar surface area (TPSA) is 48.9 Å². The standard InChI is InChI=1S/C18H30N4O/c1-14(2)11-20-18(19-3)21-12-15-9-10-22(13-15)16-7-5-6-8-17(16)23-4/h5-8,14-15H,9-13H2,1-4H3,(H2,19,20,21). The normalized spacial score (nSPS) is 18.4. The second kappa shape index (κ2) is 8.65. The van der Waals surface area contributed by atoms with Crippen LogP contribution in [0.5, 0.6) is 5.75 Å². The smallest absolute Gasteiger partial charge is 0.190 e. The Bertz CT molecular complexity index is 515. The van der Waals surface area contributed by atoms with Crippen LogP contribution in [0.3, 0.4) is 0 Å². The van der Waals surface area contributed by atoms with E-state index in [1.807, 2.05) is 19.2 Å². The van der Waals surface area contributed by atoms with Crippen molar-refractivity contribution in [2.45, 2.75) is 20.3 Å². The fourth-order valence-electron chi connectivity index (χ4n) is 2.87. The van der Waals surface area contributed by atoms with E-state index in [0.29, 0.717) is 11.8 Å². The summed E-state index contributed by atoms with van der Waals surface area (Å²) in [6.07, 6.45) is 1.19. The predicted octanol–water partition coefficient (Wildman–Crippen LogP) is 2.34. The molecule has 0 aromatic heterocycles. The van der Waals surface area contributed by atoms with Gasteiger partial charge in [0.05, 0.1) is 12.8 Å². The minimum atomic E-state index is 0.612. The molecule has 1 aliphatic heterocycles. The first-order valence-electron chi connectivity index (χ1n) is 8.46. The van der Waals surface area contributed by atoms with Crippen molar-refractivity contribution in [3.8, 4) is 5.75 Å². The van der Waals surface area contributed by atoms with Gasteiger partial charge in [-0.2, -0.15) is 0 Å². The molecule has 0 amide bonds. The average molecular weight is 318 g/mol. The maximum atomic E-state index is 5.48. The first-order chi connectivity index (χ1) is 11.1. The Kier molecular flexibility index (Phi) is 6.56. The van der Waals surface area contributed by atoms with E-state index in [4.69, 9.17) is 4.74 Å². The van der Waals surface area contributed by atoms with Crippen LogP contribution in [0.2, 0.25) is 0 Å². The van der Waals surface area contributed by atoms with E-state index in [1.54, 1.807) is 7.11 Å². The molecule has 5 nitrogen and oxygen atoms in total. The number of methoxy groups -OCH3 is 1. The molecule has 0 aliphatic carbocycles. The highest BCUT2D eigenvalue weighted by molar-refractivity contribution is 5.79. The van der Waals surface area contributed by atoms with Gasteiger partial charge < -0.3 is 20.3 Å². The second-order valence-electron chi connectivity index (χ2n) is 6.50. The summed E-state index contributed by atoms with van der Waals surface area (Å²) in [5.74, 6) is 3.09. The predicted molar refractivity (Wildman–Crippen MR) is 97.5 cm³/mol. The highest BCUT2D eigenvalue weighted by Crippen LogP contribution is 2.31. The number of para-hydroxylation sites is 2. The Hall–Kier alpha value is -1.91. The van der Waals surface area contributed by atoms with Crippen molar-refractivity contribution < 1.29 is 4.74 Å². The van der Waals surface area contributed by atoms with Gasteiger partial charge in [0, 0.05) is 33.2 Å².